The lowest BCUT2D eigenvalue weighted by molar-refractivity contribution is -0.120. The second-order valence-corrected chi connectivity index (χ2v) is 7.84. The Morgan fingerprint density at radius 3 is 3.04 bits per heavy atom. The Morgan fingerprint density at radius 1 is 1.25 bits per heavy atom. The molecule has 1 aliphatic heterocycles. The van der Waals surface area contributed by atoms with Gasteiger partial charge in [0.25, 0.3) is 5.56 Å². The summed E-state index contributed by atoms with van der Waals surface area (Å²) in [5.41, 5.74) is 3.73. The molecule has 28 heavy (non-hydrogen) atoms. The van der Waals surface area contributed by atoms with Gasteiger partial charge in [-0.3, -0.25) is 18.8 Å². The van der Waals surface area contributed by atoms with Gasteiger partial charge in [0.1, 0.15) is 5.82 Å². The largest absolute Gasteiger partial charge is 0.326 e. The van der Waals surface area contributed by atoms with E-state index < -0.39 is 0 Å². The van der Waals surface area contributed by atoms with Gasteiger partial charge in [-0.1, -0.05) is 0 Å². The van der Waals surface area contributed by atoms with Crippen LogP contribution in [0.3, 0.4) is 0 Å². The number of carbonyl (C=O) groups excluding carboxylic acids is 1. The zero-order valence-corrected chi connectivity index (χ0v) is 15.9. The molecule has 0 spiro atoms. The molecule has 7 heteroatoms. The molecule has 144 valence electrons. The number of hydrogen-bond donors (Lipinski definition) is 1. The lowest BCUT2D eigenvalue weighted by atomic mass is 9.87. The number of carbonyl (C=O) groups is 1. The number of fused-ring (bicyclic) bond motifs is 3. The Kier molecular flexibility index (Phi) is 4.03. The molecule has 1 unspecified atom stereocenters. The highest BCUT2D eigenvalue weighted by Gasteiger charge is 2.27. The van der Waals surface area contributed by atoms with Crippen LogP contribution >= 0.6 is 0 Å². The lowest BCUT2D eigenvalue weighted by Gasteiger charge is -2.22. The zero-order valence-electron chi connectivity index (χ0n) is 15.9. The first kappa shape index (κ1) is 17.2. The number of nitrogens with one attached hydrogen (secondary N) is 1. The van der Waals surface area contributed by atoms with Crippen LogP contribution in [0.4, 0.5) is 5.69 Å². The van der Waals surface area contributed by atoms with Crippen molar-refractivity contribution >= 4 is 22.5 Å². The van der Waals surface area contributed by atoms with Gasteiger partial charge in [0.2, 0.25) is 5.91 Å². The first-order valence-corrected chi connectivity index (χ1v) is 9.94. The van der Waals surface area contributed by atoms with Gasteiger partial charge >= 0.3 is 0 Å². The molecule has 2 aromatic heterocycles. The molecular weight excluding hydrogens is 354 g/mol. The molecule has 1 atom stereocenters. The highest BCUT2D eigenvalue weighted by atomic mass is 16.2. The maximum atomic E-state index is 12.9. The first-order chi connectivity index (χ1) is 13.6. The van der Waals surface area contributed by atoms with E-state index in [0.29, 0.717) is 23.0 Å². The van der Waals surface area contributed by atoms with Crippen LogP contribution in [0.2, 0.25) is 0 Å². The third kappa shape index (κ3) is 2.82. The minimum Gasteiger partial charge on any atom is -0.326 e. The van der Waals surface area contributed by atoms with Crippen LogP contribution in [0.5, 0.6) is 0 Å². The summed E-state index contributed by atoms with van der Waals surface area (Å²) in [6.07, 6.45) is 7.21. The summed E-state index contributed by atoms with van der Waals surface area (Å²) in [5, 5.41) is 7.88. The fraction of sp³-hybridized carbons (Fsp3) is 0.429. The summed E-state index contributed by atoms with van der Waals surface area (Å²) in [5.74, 6) is 0.785. The first-order valence-electron chi connectivity index (χ1n) is 9.94. The van der Waals surface area contributed by atoms with Crippen molar-refractivity contribution in [3.8, 4) is 0 Å². The van der Waals surface area contributed by atoms with Crippen LogP contribution in [-0.2, 0) is 37.6 Å². The third-order valence-electron chi connectivity index (χ3n) is 6.05. The predicted molar refractivity (Wildman–Crippen MR) is 106 cm³/mol. The fourth-order valence-corrected chi connectivity index (χ4v) is 4.43. The van der Waals surface area contributed by atoms with Crippen LogP contribution in [-0.4, -0.2) is 25.2 Å². The van der Waals surface area contributed by atoms with E-state index in [1.165, 1.54) is 5.56 Å². The summed E-state index contributed by atoms with van der Waals surface area (Å²) in [4.78, 5) is 30.3. The SMILES string of the molecule is Cn1ncc2c1CC(C(=O)Nc1ccc3nc4n(c(=O)c3c1)CCCC4)CC2. The van der Waals surface area contributed by atoms with Crippen LogP contribution < -0.4 is 10.9 Å². The Hall–Kier alpha value is -2.96. The molecule has 0 fully saturated rings. The van der Waals surface area contributed by atoms with Crippen molar-refractivity contribution < 1.29 is 4.79 Å². The minimum absolute atomic E-state index is 0.00257. The number of rotatable bonds is 2. The smallest absolute Gasteiger partial charge is 0.261 e. The van der Waals surface area contributed by atoms with E-state index in [1.807, 2.05) is 30.1 Å². The summed E-state index contributed by atoms with van der Waals surface area (Å²) < 4.78 is 3.64. The number of nitrogens with zero attached hydrogens (tertiary/aromatic N) is 4. The monoisotopic (exact) mass is 377 g/mol. The number of amides is 1. The van der Waals surface area contributed by atoms with Crippen molar-refractivity contribution in [1.82, 2.24) is 19.3 Å². The molecule has 0 saturated carbocycles. The van der Waals surface area contributed by atoms with Gasteiger partial charge in [0.05, 0.1) is 17.1 Å². The molecule has 1 aromatic carbocycles. The Bertz CT molecular complexity index is 1140. The van der Waals surface area contributed by atoms with E-state index in [0.717, 1.165) is 50.2 Å². The van der Waals surface area contributed by atoms with Crippen molar-refractivity contribution in [1.29, 1.82) is 0 Å². The topological polar surface area (TPSA) is 81.8 Å². The summed E-state index contributed by atoms with van der Waals surface area (Å²) in [6, 6.07) is 5.44. The highest BCUT2D eigenvalue weighted by molar-refractivity contribution is 5.95. The van der Waals surface area contributed by atoms with E-state index in [4.69, 9.17) is 0 Å². The molecule has 5 rings (SSSR count). The Labute approximate surface area is 162 Å². The van der Waals surface area contributed by atoms with E-state index in [2.05, 4.69) is 15.4 Å². The molecule has 2 aliphatic rings. The van der Waals surface area contributed by atoms with Crippen LogP contribution in [0.1, 0.15) is 36.3 Å². The van der Waals surface area contributed by atoms with Crippen molar-refractivity contribution in [2.75, 3.05) is 5.32 Å². The van der Waals surface area contributed by atoms with Gasteiger partial charge in [-0.15, -0.1) is 0 Å². The third-order valence-corrected chi connectivity index (χ3v) is 6.05. The molecule has 1 aliphatic carbocycles. The lowest BCUT2D eigenvalue weighted by Crippen LogP contribution is -2.29. The number of benzene rings is 1. The van der Waals surface area contributed by atoms with Crippen LogP contribution in [0, 0.1) is 5.92 Å². The van der Waals surface area contributed by atoms with E-state index in [-0.39, 0.29) is 17.4 Å². The van der Waals surface area contributed by atoms with Crippen LogP contribution in [0.25, 0.3) is 10.9 Å². The predicted octanol–water partition coefficient (Wildman–Crippen LogP) is 2.21. The second-order valence-electron chi connectivity index (χ2n) is 7.84. The van der Waals surface area contributed by atoms with E-state index >= 15 is 0 Å². The molecule has 3 aromatic rings. The van der Waals surface area contributed by atoms with Gasteiger partial charge in [0.15, 0.2) is 0 Å². The normalized spacial score (nSPS) is 18.5. The summed E-state index contributed by atoms with van der Waals surface area (Å²) >= 11 is 0. The number of aryl methyl sites for hydroxylation is 3. The Balaban J connectivity index is 1.41. The minimum atomic E-state index is -0.0821. The molecule has 0 radical (unpaired) electrons. The second kappa shape index (κ2) is 6.58. The summed E-state index contributed by atoms with van der Waals surface area (Å²) in [6.45, 7) is 0.725. The highest BCUT2D eigenvalue weighted by Crippen LogP contribution is 2.26. The van der Waals surface area contributed by atoms with Gasteiger partial charge in [-0.25, -0.2) is 4.98 Å². The zero-order chi connectivity index (χ0) is 19.3. The average molecular weight is 377 g/mol. The number of aromatic nitrogens is 4. The molecule has 0 bridgehead atoms. The van der Waals surface area contributed by atoms with Crippen molar-refractivity contribution in [3.05, 3.63) is 51.8 Å². The standard InChI is InChI=1S/C21H23N5O2/c1-25-18-10-13(5-6-14(18)12-22-25)20(27)23-15-7-8-17-16(11-15)21(28)26-9-3-2-4-19(26)24-17/h7-8,11-13H,2-6,9-10H2,1H3,(H,23,27). The molecule has 7 nitrogen and oxygen atoms in total. The number of anilines is 1. The van der Waals surface area contributed by atoms with Crippen molar-refractivity contribution in [3.63, 3.8) is 0 Å². The van der Waals surface area contributed by atoms with Gasteiger partial charge < -0.3 is 5.32 Å². The number of hydrogen-bond acceptors (Lipinski definition) is 4. The molecule has 1 amide bonds. The average Bonchev–Trinajstić information content (AvgIpc) is 3.09. The summed E-state index contributed by atoms with van der Waals surface area (Å²) in [7, 11) is 1.92. The van der Waals surface area contributed by atoms with Gasteiger partial charge in [-0.05, 0) is 49.4 Å². The van der Waals surface area contributed by atoms with E-state index in [1.54, 1.807) is 10.6 Å². The fourth-order valence-electron chi connectivity index (χ4n) is 4.43. The molecule has 3 heterocycles. The molecular formula is C21H23N5O2. The van der Waals surface area contributed by atoms with Crippen molar-refractivity contribution in [2.45, 2.75) is 45.1 Å². The van der Waals surface area contributed by atoms with Crippen LogP contribution in [0.15, 0.2) is 29.2 Å². The maximum absolute atomic E-state index is 12.9. The van der Waals surface area contributed by atoms with E-state index in [9.17, 15) is 9.59 Å². The molecule has 1 N–H and O–H groups in total. The van der Waals surface area contributed by atoms with Crippen molar-refractivity contribution in [2.24, 2.45) is 13.0 Å². The quantitative estimate of drug-likeness (QED) is 0.742. The molecule has 0 saturated heterocycles. The van der Waals surface area contributed by atoms with Gasteiger partial charge in [-0.2, -0.15) is 5.10 Å². The van der Waals surface area contributed by atoms with Gasteiger partial charge in [0, 0.05) is 43.7 Å². The maximum Gasteiger partial charge on any atom is 0.261 e. The Morgan fingerprint density at radius 2 is 2.14 bits per heavy atom.